The lowest BCUT2D eigenvalue weighted by Crippen LogP contribution is -2.09. The van der Waals surface area contributed by atoms with E-state index in [-0.39, 0.29) is 0 Å². The minimum atomic E-state index is 0.621. The Bertz CT molecular complexity index is 749. The molecule has 108 valence electrons. The standard InChI is InChI=1S/C15H18N6/c1-3-16-15-19-12-7-5-4-6-11(12)14(20-15)18-10-13-17-8-9-21(13)2/h4-9H,3,10H2,1-2H3,(H2,16,18,19,20). The van der Waals surface area contributed by atoms with Gasteiger partial charge in [-0.05, 0) is 19.1 Å². The van der Waals surface area contributed by atoms with Crippen LogP contribution in [-0.4, -0.2) is 26.1 Å². The molecule has 0 aliphatic rings. The average molecular weight is 282 g/mol. The zero-order valence-electron chi connectivity index (χ0n) is 12.2. The first-order valence-electron chi connectivity index (χ1n) is 6.98. The van der Waals surface area contributed by atoms with E-state index in [9.17, 15) is 0 Å². The Balaban J connectivity index is 1.93. The molecule has 0 radical (unpaired) electrons. The first-order valence-corrected chi connectivity index (χ1v) is 6.98. The van der Waals surface area contributed by atoms with Crippen LogP contribution in [0, 0.1) is 0 Å². The number of imidazole rings is 1. The normalized spacial score (nSPS) is 10.8. The third-order valence-corrected chi connectivity index (χ3v) is 3.27. The van der Waals surface area contributed by atoms with Gasteiger partial charge in [0.2, 0.25) is 5.95 Å². The van der Waals surface area contributed by atoms with E-state index in [0.717, 1.165) is 29.1 Å². The van der Waals surface area contributed by atoms with Crippen molar-refractivity contribution in [1.82, 2.24) is 19.5 Å². The molecule has 0 spiro atoms. The minimum Gasteiger partial charge on any atom is -0.362 e. The number of rotatable bonds is 5. The van der Waals surface area contributed by atoms with Gasteiger partial charge in [0.15, 0.2) is 0 Å². The van der Waals surface area contributed by atoms with Crippen molar-refractivity contribution < 1.29 is 0 Å². The fraction of sp³-hybridized carbons (Fsp3) is 0.267. The third kappa shape index (κ3) is 2.79. The van der Waals surface area contributed by atoms with Crippen molar-refractivity contribution in [1.29, 1.82) is 0 Å². The summed E-state index contributed by atoms with van der Waals surface area (Å²) in [6.07, 6.45) is 3.72. The molecular formula is C15H18N6. The van der Waals surface area contributed by atoms with Crippen LogP contribution in [0.1, 0.15) is 12.7 Å². The Morgan fingerprint density at radius 3 is 2.76 bits per heavy atom. The van der Waals surface area contributed by atoms with Crippen LogP contribution in [0.3, 0.4) is 0 Å². The molecule has 0 saturated carbocycles. The van der Waals surface area contributed by atoms with Gasteiger partial charge in [-0.2, -0.15) is 4.98 Å². The second-order valence-corrected chi connectivity index (χ2v) is 4.75. The fourth-order valence-electron chi connectivity index (χ4n) is 2.18. The van der Waals surface area contributed by atoms with Crippen LogP contribution in [0.4, 0.5) is 11.8 Å². The number of anilines is 2. The van der Waals surface area contributed by atoms with Crippen molar-refractivity contribution in [3.63, 3.8) is 0 Å². The number of fused-ring (bicyclic) bond motifs is 1. The third-order valence-electron chi connectivity index (χ3n) is 3.27. The molecule has 1 aromatic carbocycles. The summed E-state index contributed by atoms with van der Waals surface area (Å²) in [7, 11) is 1.98. The number of benzene rings is 1. The number of para-hydroxylation sites is 1. The topological polar surface area (TPSA) is 67.7 Å². The van der Waals surface area contributed by atoms with Crippen molar-refractivity contribution in [2.75, 3.05) is 17.2 Å². The van der Waals surface area contributed by atoms with Crippen LogP contribution in [0.2, 0.25) is 0 Å². The smallest absolute Gasteiger partial charge is 0.225 e. The molecule has 0 fully saturated rings. The maximum Gasteiger partial charge on any atom is 0.225 e. The molecule has 2 N–H and O–H groups in total. The number of nitrogens with zero attached hydrogens (tertiary/aromatic N) is 4. The molecule has 0 amide bonds. The monoisotopic (exact) mass is 282 g/mol. The predicted octanol–water partition coefficient (Wildman–Crippen LogP) is 2.41. The molecule has 0 bridgehead atoms. The van der Waals surface area contributed by atoms with Crippen molar-refractivity contribution in [2.45, 2.75) is 13.5 Å². The van der Waals surface area contributed by atoms with Crippen LogP contribution in [0.5, 0.6) is 0 Å². The van der Waals surface area contributed by atoms with Gasteiger partial charge in [0.1, 0.15) is 11.6 Å². The molecule has 6 nitrogen and oxygen atoms in total. The van der Waals surface area contributed by atoms with Crippen molar-refractivity contribution >= 4 is 22.7 Å². The lowest BCUT2D eigenvalue weighted by Gasteiger charge is -2.11. The predicted molar refractivity (Wildman–Crippen MR) is 84.2 cm³/mol. The summed E-state index contributed by atoms with van der Waals surface area (Å²) in [6, 6.07) is 7.98. The fourth-order valence-corrected chi connectivity index (χ4v) is 2.18. The van der Waals surface area contributed by atoms with Gasteiger partial charge in [-0.3, -0.25) is 0 Å². The summed E-state index contributed by atoms with van der Waals surface area (Å²) >= 11 is 0. The highest BCUT2D eigenvalue weighted by atomic mass is 15.2. The zero-order valence-corrected chi connectivity index (χ0v) is 12.2. The van der Waals surface area contributed by atoms with E-state index in [2.05, 4.69) is 25.6 Å². The average Bonchev–Trinajstić information content (AvgIpc) is 2.90. The lowest BCUT2D eigenvalue weighted by atomic mass is 10.2. The summed E-state index contributed by atoms with van der Waals surface area (Å²) < 4.78 is 1.99. The maximum absolute atomic E-state index is 4.55. The van der Waals surface area contributed by atoms with Crippen LogP contribution >= 0.6 is 0 Å². The number of nitrogens with one attached hydrogen (secondary N) is 2. The minimum absolute atomic E-state index is 0.621. The molecule has 2 aromatic heterocycles. The van der Waals surface area contributed by atoms with Gasteiger partial charge in [-0.1, -0.05) is 12.1 Å². The molecule has 0 aliphatic heterocycles. The second kappa shape index (κ2) is 5.78. The Kier molecular flexibility index (Phi) is 3.68. The largest absolute Gasteiger partial charge is 0.362 e. The molecule has 0 atom stereocenters. The Hall–Kier alpha value is -2.63. The van der Waals surface area contributed by atoms with E-state index in [4.69, 9.17) is 0 Å². The SMILES string of the molecule is CCNc1nc(NCc2nccn2C)c2ccccc2n1. The van der Waals surface area contributed by atoms with Gasteiger partial charge < -0.3 is 15.2 Å². The van der Waals surface area contributed by atoms with Gasteiger partial charge in [0, 0.05) is 31.4 Å². The second-order valence-electron chi connectivity index (χ2n) is 4.75. The quantitative estimate of drug-likeness (QED) is 0.752. The summed E-state index contributed by atoms with van der Waals surface area (Å²) in [6.45, 7) is 3.44. The van der Waals surface area contributed by atoms with E-state index < -0.39 is 0 Å². The first kappa shape index (κ1) is 13.4. The van der Waals surface area contributed by atoms with Gasteiger partial charge in [-0.25, -0.2) is 9.97 Å². The van der Waals surface area contributed by atoms with Crippen molar-refractivity contribution in [2.24, 2.45) is 7.05 Å². The number of hydrogen-bond donors (Lipinski definition) is 2. The lowest BCUT2D eigenvalue weighted by molar-refractivity contribution is 0.811. The van der Waals surface area contributed by atoms with E-state index in [1.807, 2.05) is 49.0 Å². The molecule has 0 saturated heterocycles. The molecule has 6 heteroatoms. The Morgan fingerprint density at radius 2 is 2.00 bits per heavy atom. The van der Waals surface area contributed by atoms with Crippen LogP contribution in [-0.2, 0) is 13.6 Å². The number of aromatic nitrogens is 4. The zero-order chi connectivity index (χ0) is 14.7. The number of hydrogen-bond acceptors (Lipinski definition) is 5. The van der Waals surface area contributed by atoms with Crippen molar-refractivity contribution in [3.05, 3.63) is 42.5 Å². The van der Waals surface area contributed by atoms with Crippen molar-refractivity contribution in [3.8, 4) is 0 Å². The number of aryl methyl sites for hydroxylation is 1. The summed E-state index contributed by atoms with van der Waals surface area (Å²) in [4.78, 5) is 13.4. The van der Waals surface area contributed by atoms with E-state index >= 15 is 0 Å². The van der Waals surface area contributed by atoms with Crippen LogP contribution in [0.25, 0.3) is 10.9 Å². The van der Waals surface area contributed by atoms with Gasteiger partial charge >= 0.3 is 0 Å². The molecule has 3 rings (SSSR count). The van der Waals surface area contributed by atoms with Crippen LogP contribution in [0.15, 0.2) is 36.7 Å². The van der Waals surface area contributed by atoms with E-state index in [0.29, 0.717) is 12.5 Å². The molecule has 2 heterocycles. The highest BCUT2D eigenvalue weighted by Gasteiger charge is 2.07. The Labute approximate surface area is 123 Å². The van der Waals surface area contributed by atoms with E-state index in [1.54, 1.807) is 6.20 Å². The maximum atomic E-state index is 4.55. The summed E-state index contributed by atoms with van der Waals surface area (Å²) in [5, 5.41) is 7.52. The molecular weight excluding hydrogens is 264 g/mol. The first-order chi connectivity index (χ1) is 10.3. The summed E-state index contributed by atoms with van der Waals surface area (Å²) in [5.41, 5.74) is 0.922. The molecule has 0 aliphatic carbocycles. The highest BCUT2D eigenvalue weighted by molar-refractivity contribution is 5.89. The van der Waals surface area contributed by atoms with Gasteiger partial charge in [0.25, 0.3) is 0 Å². The van der Waals surface area contributed by atoms with E-state index in [1.165, 1.54) is 0 Å². The summed E-state index contributed by atoms with van der Waals surface area (Å²) in [5.74, 6) is 2.42. The highest BCUT2D eigenvalue weighted by Crippen LogP contribution is 2.22. The molecule has 3 aromatic rings. The molecule has 21 heavy (non-hydrogen) atoms. The molecule has 0 unspecified atom stereocenters. The Morgan fingerprint density at radius 1 is 1.14 bits per heavy atom. The van der Waals surface area contributed by atoms with Gasteiger partial charge in [0.05, 0.1) is 12.1 Å². The van der Waals surface area contributed by atoms with Crippen LogP contribution < -0.4 is 10.6 Å². The van der Waals surface area contributed by atoms with Gasteiger partial charge in [-0.15, -0.1) is 0 Å².